The van der Waals surface area contributed by atoms with Gasteiger partial charge in [-0.15, -0.1) is 0 Å². The van der Waals surface area contributed by atoms with Gasteiger partial charge in [-0.25, -0.2) is 0 Å². The van der Waals surface area contributed by atoms with Crippen LogP contribution >= 0.6 is 0 Å². The molecule has 202 valence electrons. The Labute approximate surface area is 220 Å². The van der Waals surface area contributed by atoms with Crippen molar-refractivity contribution in [2.24, 2.45) is 0 Å². The highest BCUT2D eigenvalue weighted by Crippen LogP contribution is 2.34. The van der Waals surface area contributed by atoms with Crippen molar-refractivity contribution < 1.29 is 28.8 Å². The maximum atomic E-state index is 12.9. The van der Waals surface area contributed by atoms with Crippen LogP contribution in [0, 0.1) is 0 Å². The summed E-state index contributed by atoms with van der Waals surface area (Å²) >= 11 is 0. The molecule has 0 spiro atoms. The number of amides is 1. The molecule has 7 nitrogen and oxygen atoms in total. The van der Waals surface area contributed by atoms with Crippen molar-refractivity contribution in [3.8, 4) is 0 Å². The summed E-state index contributed by atoms with van der Waals surface area (Å²) < 4.78 is 24.4. The number of unbranched alkanes of at least 4 members (excludes halogenated alkanes) is 6. The minimum absolute atomic E-state index is 0.111. The summed E-state index contributed by atoms with van der Waals surface area (Å²) in [6.07, 6.45) is 4.77. The van der Waals surface area contributed by atoms with Gasteiger partial charge in [0.2, 0.25) is 5.91 Å². The zero-order chi connectivity index (χ0) is 25.9. The van der Waals surface area contributed by atoms with Crippen LogP contribution in [0.4, 0.5) is 0 Å². The fourth-order valence-corrected chi connectivity index (χ4v) is 4.92. The van der Waals surface area contributed by atoms with Crippen molar-refractivity contribution in [3.05, 3.63) is 71.8 Å². The Morgan fingerprint density at radius 3 is 2.35 bits per heavy atom. The van der Waals surface area contributed by atoms with E-state index in [1.54, 1.807) is 0 Å². The van der Waals surface area contributed by atoms with Gasteiger partial charge in [0, 0.05) is 12.0 Å². The smallest absolute Gasteiger partial charge is 0.220 e. The van der Waals surface area contributed by atoms with Crippen molar-refractivity contribution in [1.29, 1.82) is 0 Å². The second kappa shape index (κ2) is 14.6. The molecule has 2 saturated heterocycles. The number of rotatable bonds is 13. The van der Waals surface area contributed by atoms with E-state index in [0.29, 0.717) is 13.0 Å². The molecule has 6 atom stereocenters. The number of carbonyl (C=O) groups is 1. The Bertz CT molecular complexity index is 926. The lowest BCUT2D eigenvalue weighted by Crippen LogP contribution is -2.66. The molecule has 0 aliphatic carbocycles. The molecule has 2 aromatic carbocycles. The lowest BCUT2D eigenvalue weighted by atomic mass is 9.95. The van der Waals surface area contributed by atoms with Gasteiger partial charge in [0.1, 0.15) is 24.4 Å². The first-order valence-corrected chi connectivity index (χ1v) is 13.8. The number of benzene rings is 2. The standard InChI is InChI=1S/C30H41NO6/c1-2-3-4-5-6-7-14-19-25(32)31-26-27(33)28-24(21-35-29(37-28)23-17-12-9-13-18-23)36-30(26)34-20-22-15-10-8-11-16-22/h8-13,15-18,24,26-30,33H,2-7,14,19-21H2,1H3,(H,31,32)/t24-,26-,27-,28-,29?,30+/m1/s1. The highest BCUT2D eigenvalue weighted by atomic mass is 16.7. The molecule has 0 aromatic heterocycles. The van der Waals surface area contributed by atoms with E-state index >= 15 is 0 Å². The number of aliphatic hydroxyl groups is 1. The predicted octanol–water partition coefficient (Wildman–Crippen LogP) is 5.03. The monoisotopic (exact) mass is 511 g/mol. The zero-order valence-electron chi connectivity index (χ0n) is 21.8. The molecule has 1 amide bonds. The third kappa shape index (κ3) is 8.09. The van der Waals surface area contributed by atoms with Crippen LogP contribution < -0.4 is 5.32 Å². The lowest BCUT2D eigenvalue weighted by molar-refractivity contribution is -0.345. The van der Waals surface area contributed by atoms with E-state index in [4.69, 9.17) is 18.9 Å². The minimum Gasteiger partial charge on any atom is -0.388 e. The van der Waals surface area contributed by atoms with E-state index < -0.39 is 36.9 Å². The average molecular weight is 512 g/mol. The van der Waals surface area contributed by atoms with E-state index in [1.807, 2.05) is 60.7 Å². The molecule has 0 saturated carbocycles. The van der Waals surface area contributed by atoms with Crippen molar-refractivity contribution in [2.75, 3.05) is 6.61 Å². The summed E-state index contributed by atoms with van der Waals surface area (Å²) in [5.41, 5.74) is 1.85. The quantitative estimate of drug-likeness (QED) is 0.367. The molecular weight excluding hydrogens is 470 g/mol. The number of nitrogens with one attached hydrogen (secondary N) is 1. The molecule has 2 fully saturated rings. The molecule has 2 aliphatic rings. The summed E-state index contributed by atoms with van der Waals surface area (Å²) in [5.74, 6) is -0.111. The van der Waals surface area contributed by atoms with Crippen LogP contribution in [-0.4, -0.2) is 48.3 Å². The molecule has 2 N–H and O–H groups in total. The van der Waals surface area contributed by atoms with Gasteiger partial charge in [0.25, 0.3) is 0 Å². The molecule has 1 unspecified atom stereocenters. The van der Waals surface area contributed by atoms with Crippen LogP contribution in [0.25, 0.3) is 0 Å². The van der Waals surface area contributed by atoms with Crippen LogP contribution in [-0.2, 0) is 30.3 Å². The Balaban J connectivity index is 1.37. The topological polar surface area (TPSA) is 86.3 Å². The molecule has 0 bridgehead atoms. The number of hydrogen-bond acceptors (Lipinski definition) is 6. The average Bonchev–Trinajstić information content (AvgIpc) is 2.94. The van der Waals surface area contributed by atoms with E-state index in [1.165, 1.54) is 25.7 Å². The second-order valence-corrected chi connectivity index (χ2v) is 9.97. The van der Waals surface area contributed by atoms with Crippen molar-refractivity contribution in [2.45, 2.75) is 102 Å². The molecule has 2 aromatic rings. The molecule has 0 radical (unpaired) electrons. The lowest BCUT2D eigenvalue weighted by Gasteiger charge is -2.47. The summed E-state index contributed by atoms with van der Waals surface area (Å²) in [6, 6.07) is 18.6. The molecule has 7 heteroatoms. The largest absolute Gasteiger partial charge is 0.388 e. The van der Waals surface area contributed by atoms with E-state index in [2.05, 4.69) is 12.2 Å². The fourth-order valence-electron chi connectivity index (χ4n) is 4.92. The van der Waals surface area contributed by atoms with Gasteiger partial charge in [-0.2, -0.15) is 0 Å². The third-order valence-corrected chi connectivity index (χ3v) is 7.03. The summed E-state index contributed by atoms with van der Waals surface area (Å²) in [6.45, 7) is 2.76. The normalized spacial score (nSPS) is 27.4. The van der Waals surface area contributed by atoms with E-state index in [9.17, 15) is 9.90 Å². The summed E-state index contributed by atoms with van der Waals surface area (Å²) in [4.78, 5) is 12.9. The molecule has 2 heterocycles. The Morgan fingerprint density at radius 2 is 1.62 bits per heavy atom. The van der Waals surface area contributed by atoms with Crippen molar-refractivity contribution >= 4 is 5.91 Å². The number of hydrogen-bond donors (Lipinski definition) is 2. The minimum atomic E-state index is -1.01. The first kappa shape index (κ1) is 27.7. The predicted molar refractivity (Wildman–Crippen MR) is 140 cm³/mol. The van der Waals surface area contributed by atoms with E-state index in [-0.39, 0.29) is 12.5 Å². The Morgan fingerprint density at radius 1 is 0.946 bits per heavy atom. The highest BCUT2D eigenvalue weighted by molar-refractivity contribution is 5.76. The molecule has 4 rings (SSSR count). The molecule has 37 heavy (non-hydrogen) atoms. The van der Waals surface area contributed by atoms with Crippen molar-refractivity contribution in [1.82, 2.24) is 5.32 Å². The molecular formula is C30H41NO6. The Hall–Kier alpha value is -2.29. The summed E-state index contributed by atoms with van der Waals surface area (Å²) in [5, 5.41) is 14.4. The zero-order valence-corrected chi connectivity index (χ0v) is 21.8. The third-order valence-electron chi connectivity index (χ3n) is 7.03. The van der Waals surface area contributed by atoms with Crippen LogP contribution in [0.1, 0.15) is 75.7 Å². The number of aliphatic hydroxyl groups excluding tert-OH is 1. The van der Waals surface area contributed by atoms with Crippen LogP contribution in [0.2, 0.25) is 0 Å². The van der Waals surface area contributed by atoms with Crippen LogP contribution in [0.5, 0.6) is 0 Å². The first-order chi connectivity index (χ1) is 18.2. The first-order valence-electron chi connectivity index (χ1n) is 13.8. The van der Waals surface area contributed by atoms with Gasteiger partial charge >= 0.3 is 0 Å². The van der Waals surface area contributed by atoms with Crippen LogP contribution in [0.15, 0.2) is 60.7 Å². The maximum Gasteiger partial charge on any atom is 0.220 e. The SMILES string of the molecule is CCCCCCCCCC(=O)N[C@H]1[C@@H](OCc2ccccc2)O[C@@H]2COC(c3ccccc3)O[C@H]2[C@@H]1O. The van der Waals surface area contributed by atoms with Gasteiger partial charge in [-0.05, 0) is 12.0 Å². The Kier molecular flexibility index (Phi) is 10.9. The van der Waals surface area contributed by atoms with Gasteiger partial charge in [0.05, 0.1) is 13.2 Å². The maximum absolute atomic E-state index is 12.9. The van der Waals surface area contributed by atoms with Gasteiger partial charge in [0.15, 0.2) is 12.6 Å². The van der Waals surface area contributed by atoms with Gasteiger partial charge < -0.3 is 29.4 Å². The molecule has 2 aliphatic heterocycles. The second-order valence-electron chi connectivity index (χ2n) is 9.97. The van der Waals surface area contributed by atoms with E-state index in [0.717, 1.165) is 30.4 Å². The number of fused-ring (bicyclic) bond motifs is 1. The highest BCUT2D eigenvalue weighted by Gasteiger charge is 2.50. The van der Waals surface area contributed by atoms with Crippen LogP contribution in [0.3, 0.4) is 0 Å². The fraction of sp³-hybridized carbons (Fsp3) is 0.567. The number of ether oxygens (including phenoxy) is 4. The van der Waals surface area contributed by atoms with Gasteiger partial charge in [-0.3, -0.25) is 4.79 Å². The summed E-state index contributed by atoms with van der Waals surface area (Å²) in [7, 11) is 0. The van der Waals surface area contributed by atoms with Gasteiger partial charge in [-0.1, -0.05) is 106 Å². The number of carbonyl (C=O) groups excluding carboxylic acids is 1. The van der Waals surface area contributed by atoms with Crippen molar-refractivity contribution in [3.63, 3.8) is 0 Å².